The SMILES string of the molecule is CCCCOc1nc(N)c2nc(O)n(Cc3ccc(C(=O)NCCCOCCOCCOCCCNC(=O)CCC(=O)Oc4ccc(/C=C/C(=O)NCC(=O)NC(C(=O)NC(CCC(=O)O)C(=O)O)C(C)C)cc4OC)cc3)c2n1. The van der Waals surface area contributed by atoms with Crippen LogP contribution in [0.2, 0.25) is 0 Å². The van der Waals surface area contributed by atoms with Crippen LogP contribution in [0.1, 0.15) is 93.6 Å². The van der Waals surface area contributed by atoms with Gasteiger partial charge in [-0.2, -0.15) is 15.0 Å². The van der Waals surface area contributed by atoms with E-state index in [2.05, 4.69) is 41.5 Å². The molecule has 27 nitrogen and oxygen atoms in total. The Morgan fingerprint density at radius 1 is 0.750 bits per heavy atom. The molecule has 4 aromatic rings. The van der Waals surface area contributed by atoms with Crippen molar-refractivity contribution in [2.45, 2.75) is 90.8 Å². The fourth-order valence-corrected chi connectivity index (χ4v) is 7.17. The summed E-state index contributed by atoms with van der Waals surface area (Å²) in [7, 11) is 1.35. The maximum Gasteiger partial charge on any atom is 0.326 e. The first-order valence-corrected chi connectivity index (χ1v) is 26.0. The first-order valence-electron chi connectivity index (χ1n) is 26.0. The van der Waals surface area contributed by atoms with E-state index in [1.807, 2.05) is 6.92 Å². The third-order valence-electron chi connectivity index (χ3n) is 11.5. The number of imidazole rings is 1. The zero-order valence-corrected chi connectivity index (χ0v) is 45.3. The van der Waals surface area contributed by atoms with Gasteiger partial charge in [-0.15, -0.1) is 0 Å². The van der Waals surface area contributed by atoms with Crippen LogP contribution in [0.3, 0.4) is 0 Å². The van der Waals surface area contributed by atoms with Crippen molar-refractivity contribution in [3.05, 3.63) is 65.2 Å². The number of rotatable bonds is 38. The molecule has 0 aliphatic carbocycles. The van der Waals surface area contributed by atoms with Crippen molar-refractivity contribution < 1.29 is 82.1 Å². The van der Waals surface area contributed by atoms with Crippen LogP contribution in [0.5, 0.6) is 23.5 Å². The fourth-order valence-electron chi connectivity index (χ4n) is 7.17. The fraction of sp³-hybridized carbons (Fsp3) is 0.491. The van der Waals surface area contributed by atoms with Crippen molar-refractivity contribution in [1.82, 2.24) is 46.1 Å². The number of esters is 1. The maximum absolute atomic E-state index is 12.8. The number of hydrogen-bond donors (Lipinski definition) is 9. The molecule has 0 aliphatic heterocycles. The van der Waals surface area contributed by atoms with Gasteiger partial charge in [0.2, 0.25) is 23.6 Å². The van der Waals surface area contributed by atoms with E-state index in [0.717, 1.165) is 24.5 Å². The van der Waals surface area contributed by atoms with Gasteiger partial charge in [-0.25, -0.2) is 4.79 Å². The van der Waals surface area contributed by atoms with Gasteiger partial charge in [-0.05, 0) is 73.1 Å². The number of benzene rings is 2. The summed E-state index contributed by atoms with van der Waals surface area (Å²) in [4.78, 5) is 110. The Labute approximate surface area is 461 Å². The van der Waals surface area contributed by atoms with Crippen LogP contribution in [0, 0.1) is 5.92 Å². The number of ether oxygens (including phenoxy) is 6. The third-order valence-corrected chi connectivity index (χ3v) is 11.5. The summed E-state index contributed by atoms with van der Waals surface area (Å²) in [5.41, 5.74) is 8.39. The molecule has 0 spiro atoms. The van der Waals surface area contributed by atoms with Crippen LogP contribution >= 0.6 is 0 Å². The number of nitrogens with zero attached hydrogens (tertiary/aromatic N) is 4. The van der Waals surface area contributed by atoms with Crippen molar-refractivity contribution in [3.8, 4) is 23.5 Å². The lowest BCUT2D eigenvalue weighted by molar-refractivity contribution is -0.143. The number of nitrogens with two attached hydrogens (primary N) is 1. The summed E-state index contributed by atoms with van der Waals surface area (Å²) in [6, 6.07) is 8.62. The van der Waals surface area contributed by atoms with Gasteiger partial charge >= 0.3 is 23.9 Å². The van der Waals surface area contributed by atoms with Gasteiger partial charge in [0, 0.05) is 50.8 Å². The number of carbonyl (C=O) groups is 8. The highest BCUT2D eigenvalue weighted by molar-refractivity contribution is 5.96. The minimum Gasteiger partial charge on any atom is -0.493 e. The maximum atomic E-state index is 12.8. The largest absolute Gasteiger partial charge is 0.493 e. The number of aromatic hydroxyl groups is 1. The molecular formula is C53H72N10O17. The van der Waals surface area contributed by atoms with E-state index in [9.17, 15) is 48.6 Å². The van der Waals surface area contributed by atoms with Gasteiger partial charge < -0.3 is 76.1 Å². The Morgan fingerprint density at radius 3 is 2.06 bits per heavy atom. The topological polar surface area (TPSA) is 382 Å². The number of methoxy groups -OCH3 is 1. The molecule has 2 aromatic carbocycles. The predicted molar refractivity (Wildman–Crippen MR) is 287 cm³/mol. The minimum absolute atomic E-state index is 0.0814. The third kappa shape index (κ3) is 22.9. The number of aliphatic carboxylic acids is 2. The summed E-state index contributed by atoms with van der Waals surface area (Å²) >= 11 is 0. The summed E-state index contributed by atoms with van der Waals surface area (Å²) in [6.45, 7) is 8.36. The molecule has 27 heteroatoms. The lowest BCUT2D eigenvalue weighted by atomic mass is 10.0. The zero-order valence-electron chi connectivity index (χ0n) is 45.3. The minimum atomic E-state index is -1.48. The Hall–Kier alpha value is -8.43. The summed E-state index contributed by atoms with van der Waals surface area (Å²) < 4.78 is 34.5. The Kier molecular flexibility index (Phi) is 27.6. The van der Waals surface area contributed by atoms with E-state index in [1.165, 1.54) is 29.9 Å². The molecule has 0 bridgehead atoms. The van der Waals surface area contributed by atoms with Crippen LogP contribution < -0.4 is 46.5 Å². The summed E-state index contributed by atoms with van der Waals surface area (Å²) in [5, 5.41) is 41.4. The van der Waals surface area contributed by atoms with Gasteiger partial charge in [-0.1, -0.05) is 45.4 Å². The number of unbranched alkanes of at least 4 members (excludes halogenated alkanes) is 1. The van der Waals surface area contributed by atoms with Crippen LogP contribution in [0.25, 0.3) is 17.2 Å². The van der Waals surface area contributed by atoms with Gasteiger partial charge in [0.05, 0.1) is 59.7 Å². The van der Waals surface area contributed by atoms with Gasteiger partial charge in [-0.3, -0.25) is 38.1 Å². The van der Waals surface area contributed by atoms with Crippen molar-refractivity contribution in [3.63, 3.8) is 0 Å². The Morgan fingerprint density at radius 2 is 1.43 bits per heavy atom. The van der Waals surface area contributed by atoms with Crippen LogP contribution in [0.4, 0.5) is 5.82 Å². The molecule has 2 atom stereocenters. The summed E-state index contributed by atoms with van der Waals surface area (Å²) in [5.74, 6) is -6.29. The van der Waals surface area contributed by atoms with Crippen molar-refractivity contribution >= 4 is 70.5 Å². The molecule has 5 amide bonds. The average molecular weight is 1120 g/mol. The van der Waals surface area contributed by atoms with Crippen molar-refractivity contribution in [1.29, 1.82) is 0 Å². The average Bonchev–Trinajstić information content (AvgIpc) is 3.87. The number of carbonyl (C=O) groups excluding carboxylic acids is 6. The lowest BCUT2D eigenvalue weighted by Crippen LogP contribution is -2.55. The number of nitrogen functional groups attached to an aromatic ring is 1. The molecule has 80 heavy (non-hydrogen) atoms. The molecule has 4 rings (SSSR count). The molecule has 0 saturated heterocycles. The highest BCUT2D eigenvalue weighted by Crippen LogP contribution is 2.29. The number of amides is 5. The van der Waals surface area contributed by atoms with Crippen LogP contribution in [-0.2, 0) is 54.3 Å². The highest BCUT2D eigenvalue weighted by Gasteiger charge is 2.29. The monoisotopic (exact) mass is 1120 g/mol. The van der Waals surface area contributed by atoms with Gasteiger partial charge in [0.1, 0.15) is 12.1 Å². The first-order chi connectivity index (χ1) is 38.4. The highest BCUT2D eigenvalue weighted by atomic mass is 16.6. The number of nitrogens with one attached hydrogen (secondary N) is 5. The summed E-state index contributed by atoms with van der Waals surface area (Å²) in [6.07, 6.45) is 4.27. The molecule has 2 aromatic heterocycles. The Balaban J connectivity index is 0.996. The molecule has 2 unspecified atom stereocenters. The number of hydrogen-bond acceptors (Lipinski definition) is 19. The molecule has 0 saturated carbocycles. The number of carboxylic acids is 2. The van der Waals surface area contributed by atoms with E-state index in [-0.39, 0.29) is 72.5 Å². The Bertz CT molecular complexity index is 2730. The van der Waals surface area contributed by atoms with E-state index in [0.29, 0.717) is 89.0 Å². The molecule has 2 heterocycles. The van der Waals surface area contributed by atoms with Gasteiger partial charge in [0.15, 0.2) is 28.5 Å². The van der Waals surface area contributed by atoms with Crippen molar-refractivity contribution in [2.75, 3.05) is 78.7 Å². The van der Waals surface area contributed by atoms with Crippen LogP contribution in [0.15, 0.2) is 48.5 Å². The molecule has 0 aliphatic rings. The molecule has 0 fully saturated rings. The number of aromatic nitrogens is 4. The molecule has 0 radical (unpaired) electrons. The second-order valence-electron chi connectivity index (χ2n) is 18.2. The number of fused-ring (bicyclic) bond motifs is 1. The second-order valence-corrected chi connectivity index (χ2v) is 18.2. The van der Waals surface area contributed by atoms with Gasteiger partial charge in [0.25, 0.3) is 11.9 Å². The normalized spacial score (nSPS) is 11.9. The molecule has 10 N–H and O–H groups in total. The quantitative estimate of drug-likeness (QED) is 0.0134. The van der Waals surface area contributed by atoms with E-state index < -0.39 is 66.6 Å². The second kappa shape index (κ2) is 34.5. The number of anilines is 1. The predicted octanol–water partition coefficient (Wildman–Crippen LogP) is 2.12. The molecule has 436 valence electrons. The zero-order chi connectivity index (χ0) is 58.4. The van der Waals surface area contributed by atoms with E-state index in [4.69, 9.17) is 39.3 Å². The van der Waals surface area contributed by atoms with E-state index in [1.54, 1.807) is 44.2 Å². The molecular weight excluding hydrogens is 1050 g/mol. The van der Waals surface area contributed by atoms with Crippen molar-refractivity contribution in [2.24, 2.45) is 5.92 Å². The number of carboxylic acid groups (broad SMARTS) is 2. The lowest BCUT2D eigenvalue weighted by Gasteiger charge is -2.24. The smallest absolute Gasteiger partial charge is 0.326 e. The standard InChI is InChI=1S/C53H72N10O17/c1-5-6-25-79-52-61-47(54)46-48(62-52)63(53(74)60-46)32-35-9-13-36(14-10-35)49(70)56-22-8-24-77-27-29-78-28-26-76-23-7-21-55-40(64)18-20-44(69)80-38-16-11-34(30-39(38)75-4)12-17-41(65)57-31-42(66)59-45(33(2)3)50(71)58-37(51(72)73)15-19-43(67)68/h9-14,16-17,30,33,37,45H,5-8,15,18-29,31-32H2,1-4H3,(H,55,64)(H,56,70)(H,57,65)(H,58,71)(H,59,66)(H,60,74)(H,67,68)(H,72,73)(H2,54,61,62)/b17-12+. The van der Waals surface area contributed by atoms with E-state index >= 15 is 0 Å². The first kappa shape index (κ1) is 64.1. The van der Waals surface area contributed by atoms with Crippen LogP contribution in [-0.4, -0.2) is 167 Å².